The highest BCUT2D eigenvalue weighted by molar-refractivity contribution is 9.10. The second-order valence-electron chi connectivity index (χ2n) is 5.90. The Balaban J connectivity index is 1.60. The third-order valence-electron chi connectivity index (χ3n) is 3.91. The highest BCUT2D eigenvalue weighted by atomic mass is 79.9. The molecule has 0 unspecified atom stereocenters. The Bertz CT molecular complexity index is 1020. The fourth-order valence-corrected chi connectivity index (χ4v) is 2.91. The van der Waals surface area contributed by atoms with Crippen LogP contribution in [0.15, 0.2) is 74.7 Å². The molecular weight excluding hydrogens is 426 g/mol. The molecule has 0 aliphatic heterocycles. The first-order chi connectivity index (χ1) is 13.5. The van der Waals surface area contributed by atoms with Crippen LogP contribution in [0.5, 0.6) is 0 Å². The summed E-state index contributed by atoms with van der Waals surface area (Å²) in [5.41, 5.74) is 3.81. The molecule has 0 saturated heterocycles. The van der Waals surface area contributed by atoms with Gasteiger partial charge >= 0.3 is 0 Å². The lowest BCUT2D eigenvalue weighted by molar-refractivity contribution is -0.384. The van der Waals surface area contributed by atoms with Crippen LogP contribution in [-0.4, -0.2) is 17.0 Å². The van der Waals surface area contributed by atoms with Crippen LogP contribution in [0, 0.1) is 10.1 Å². The molecule has 1 aromatic heterocycles. The van der Waals surface area contributed by atoms with E-state index in [-0.39, 0.29) is 11.6 Å². The maximum atomic E-state index is 11.8. The van der Waals surface area contributed by atoms with Gasteiger partial charge in [0.25, 0.3) is 5.69 Å². The molecule has 1 amide bonds. The first-order valence-electron chi connectivity index (χ1n) is 8.43. The van der Waals surface area contributed by atoms with Crippen molar-refractivity contribution in [1.82, 2.24) is 5.43 Å². The number of nitrogens with zero attached hydrogens (tertiary/aromatic N) is 2. The summed E-state index contributed by atoms with van der Waals surface area (Å²) in [6, 6.07) is 17.7. The summed E-state index contributed by atoms with van der Waals surface area (Å²) in [6.45, 7) is 0. The van der Waals surface area contributed by atoms with E-state index in [1.807, 2.05) is 30.3 Å². The highest BCUT2D eigenvalue weighted by Gasteiger charge is 2.18. The van der Waals surface area contributed by atoms with E-state index in [2.05, 4.69) is 26.5 Å². The van der Waals surface area contributed by atoms with Gasteiger partial charge in [-0.3, -0.25) is 14.9 Å². The van der Waals surface area contributed by atoms with E-state index >= 15 is 0 Å². The maximum Gasteiger partial charge on any atom is 0.281 e. The van der Waals surface area contributed by atoms with Gasteiger partial charge in [-0.15, -0.1) is 0 Å². The molecule has 0 aliphatic carbocycles. The quantitative estimate of drug-likeness (QED) is 0.326. The van der Waals surface area contributed by atoms with Crippen molar-refractivity contribution in [1.29, 1.82) is 0 Å². The first-order valence-corrected chi connectivity index (χ1v) is 9.22. The number of aryl methyl sites for hydroxylation is 1. The fraction of sp³-hybridized carbons (Fsp3) is 0.100. The Hall–Kier alpha value is -3.26. The van der Waals surface area contributed by atoms with Crippen LogP contribution < -0.4 is 5.43 Å². The molecule has 3 rings (SSSR count). The minimum atomic E-state index is -0.469. The normalized spacial score (nSPS) is 10.9. The second kappa shape index (κ2) is 9.09. The Morgan fingerprint density at radius 3 is 2.71 bits per heavy atom. The van der Waals surface area contributed by atoms with Gasteiger partial charge in [0, 0.05) is 17.0 Å². The highest BCUT2D eigenvalue weighted by Crippen LogP contribution is 2.33. The zero-order valence-electron chi connectivity index (χ0n) is 14.7. The van der Waals surface area contributed by atoms with Crippen molar-refractivity contribution >= 4 is 33.7 Å². The summed E-state index contributed by atoms with van der Waals surface area (Å²) in [4.78, 5) is 22.6. The molecule has 3 aromatic rings. The first kappa shape index (κ1) is 19.5. The third kappa shape index (κ3) is 5.14. The third-order valence-corrected chi connectivity index (χ3v) is 4.41. The zero-order valence-corrected chi connectivity index (χ0v) is 16.3. The average molecular weight is 442 g/mol. The minimum absolute atomic E-state index is 0.0681. The number of hydrogen-bond donors (Lipinski definition) is 1. The number of halogens is 1. The molecule has 0 spiro atoms. The average Bonchev–Trinajstić information content (AvgIpc) is 3.16. The number of carbonyl (C=O) groups is 1. The number of nitro groups is 1. The molecule has 28 heavy (non-hydrogen) atoms. The van der Waals surface area contributed by atoms with E-state index in [0.29, 0.717) is 34.4 Å². The van der Waals surface area contributed by atoms with Crippen molar-refractivity contribution in [3.05, 3.63) is 86.6 Å². The van der Waals surface area contributed by atoms with Crippen molar-refractivity contribution in [2.75, 3.05) is 0 Å². The molecule has 8 heteroatoms. The number of benzene rings is 2. The van der Waals surface area contributed by atoms with Gasteiger partial charge < -0.3 is 4.42 Å². The number of carbonyl (C=O) groups excluding carboxylic acids is 1. The number of nitrogens with one attached hydrogen (secondary N) is 1. The zero-order chi connectivity index (χ0) is 19.9. The summed E-state index contributed by atoms with van der Waals surface area (Å²) in [5, 5.41) is 15.1. The molecule has 0 radical (unpaired) electrons. The molecule has 2 aromatic carbocycles. The largest absolute Gasteiger partial charge is 0.455 e. The van der Waals surface area contributed by atoms with Gasteiger partial charge in [0.1, 0.15) is 11.5 Å². The number of nitro benzene ring substituents is 1. The van der Waals surface area contributed by atoms with Crippen molar-refractivity contribution < 1.29 is 14.1 Å². The van der Waals surface area contributed by atoms with Gasteiger partial charge in [0.15, 0.2) is 0 Å². The van der Waals surface area contributed by atoms with Crippen LogP contribution in [-0.2, 0) is 11.2 Å². The van der Waals surface area contributed by atoms with Crippen molar-refractivity contribution in [2.45, 2.75) is 12.8 Å². The molecule has 0 atom stereocenters. The monoisotopic (exact) mass is 441 g/mol. The molecule has 1 heterocycles. The smallest absolute Gasteiger partial charge is 0.281 e. The van der Waals surface area contributed by atoms with Crippen LogP contribution in [0.25, 0.3) is 11.3 Å². The number of furan rings is 1. The molecule has 0 fully saturated rings. The van der Waals surface area contributed by atoms with Gasteiger partial charge in [0.2, 0.25) is 5.91 Å². The minimum Gasteiger partial charge on any atom is -0.455 e. The summed E-state index contributed by atoms with van der Waals surface area (Å²) >= 11 is 3.22. The topological polar surface area (TPSA) is 97.7 Å². The van der Waals surface area contributed by atoms with Crippen LogP contribution >= 0.6 is 15.9 Å². The molecule has 7 nitrogen and oxygen atoms in total. The second-order valence-corrected chi connectivity index (χ2v) is 6.82. The number of rotatable bonds is 7. The SMILES string of the molecule is O=C(CCc1ccccc1)N/N=C\c1ccc(-c2ccc(Br)cc2[N+](=O)[O-])o1. The van der Waals surface area contributed by atoms with Crippen LogP contribution in [0.2, 0.25) is 0 Å². The Kier molecular flexibility index (Phi) is 6.33. The molecule has 1 N–H and O–H groups in total. The van der Waals surface area contributed by atoms with Gasteiger partial charge in [-0.05, 0) is 36.2 Å². The fourth-order valence-electron chi connectivity index (χ4n) is 2.56. The summed E-state index contributed by atoms with van der Waals surface area (Å²) in [5.74, 6) is 0.502. The van der Waals surface area contributed by atoms with Crippen LogP contribution in [0.1, 0.15) is 17.7 Å². The van der Waals surface area contributed by atoms with Crippen molar-refractivity contribution in [3.8, 4) is 11.3 Å². The summed E-state index contributed by atoms with van der Waals surface area (Å²) < 4.78 is 6.20. The molecule has 142 valence electrons. The lowest BCUT2D eigenvalue weighted by Crippen LogP contribution is -2.17. The number of amides is 1. The predicted octanol–water partition coefficient (Wildman–Crippen LogP) is 4.70. The Labute approximate surface area is 169 Å². The molecule has 0 bridgehead atoms. The Morgan fingerprint density at radius 1 is 1.18 bits per heavy atom. The lowest BCUT2D eigenvalue weighted by atomic mass is 10.1. The van der Waals surface area contributed by atoms with Gasteiger partial charge in [0.05, 0.1) is 16.7 Å². The molecule has 0 saturated carbocycles. The Morgan fingerprint density at radius 2 is 1.96 bits per heavy atom. The van der Waals surface area contributed by atoms with E-state index in [1.165, 1.54) is 12.3 Å². The predicted molar refractivity (Wildman–Crippen MR) is 109 cm³/mol. The van der Waals surface area contributed by atoms with Crippen molar-refractivity contribution in [3.63, 3.8) is 0 Å². The summed E-state index contributed by atoms with van der Waals surface area (Å²) in [6.07, 6.45) is 2.30. The van der Waals surface area contributed by atoms with Gasteiger partial charge in [-0.2, -0.15) is 5.10 Å². The van der Waals surface area contributed by atoms with E-state index in [0.717, 1.165) is 5.56 Å². The number of hydrazone groups is 1. The van der Waals surface area contributed by atoms with Crippen LogP contribution in [0.4, 0.5) is 5.69 Å². The van der Waals surface area contributed by atoms with Crippen LogP contribution in [0.3, 0.4) is 0 Å². The van der Waals surface area contributed by atoms with E-state index in [4.69, 9.17) is 4.42 Å². The number of hydrogen-bond acceptors (Lipinski definition) is 5. The standard InChI is InChI=1S/C20H16BrN3O4/c21-15-7-9-17(18(12-15)24(26)27)19-10-8-16(28-19)13-22-23-20(25)11-6-14-4-2-1-3-5-14/h1-5,7-10,12-13H,6,11H2,(H,23,25)/b22-13-. The lowest BCUT2D eigenvalue weighted by Gasteiger charge is -2.01. The van der Waals surface area contributed by atoms with Crippen molar-refractivity contribution in [2.24, 2.45) is 5.10 Å². The molecular formula is C20H16BrN3O4. The van der Waals surface area contributed by atoms with E-state index in [9.17, 15) is 14.9 Å². The van der Waals surface area contributed by atoms with Gasteiger partial charge in [-0.25, -0.2) is 5.43 Å². The molecule has 0 aliphatic rings. The van der Waals surface area contributed by atoms with E-state index < -0.39 is 4.92 Å². The summed E-state index contributed by atoms with van der Waals surface area (Å²) in [7, 11) is 0. The van der Waals surface area contributed by atoms with E-state index in [1.54, 1.807) is 24.3 Å². The maximum absolute atomic E-state index is 11.8. The van der Waals surface area contributed by atoms with Gasteiger partial charge in [-0.1, -0.05) is 46.3 Å².